The Bertz CT molecular complexity index is 393. The first kappa shape index (κ1) is 15.5. The number of hydrogen-bond acceptors (Lipinski definition) is 3. The molecule has 0 amide bonds. The first-order valence-corrected chi connectivity index (χ1v) is 9.38. The molecule has 3 aliphatic rings. The highest BCUT2D eigenvalue weighted by Crippen LogP contribution is 2.51. The molecule has 1 aliphatic carbocycles. The third-order valence-electron chi connectivity index (χ3n) is 5.37. The number of aliphatic imine (C=N–C) groups is 1. The third-order valence-corrected chi connectivity index (χ3v) is 6.77. The molecule has 0 aromatic heterocycles. The predicted octanol–water partition coefficient (Wildman–Crippen LogP) is 2.25. The fourth-order valence-corrected chi connectivity index (χ4v) is 5.37. The van der Waals surface area contributed by atoms with Gasteiger partial charge in [0.1, 0.15) is 0 Å². The lowest BCUT2D eigenvalue weighted by Crippen LogP contribution is -2.71. The van der Waals surface area contributed by atoms with E-state index >= 15 is 0 Å². The lowest BCUT2D eigenvalue weighted by molar-refractivity contribution is -0.188. The van der Waals surface area contributed by atoms with Crippen LogP contribution in [0.25, 0.3) is 0 Å². The van der Waals surface area contributed by atoms with Gasteiger partial charge in [0.25, 0.3) is 0 Å². The lowest BCUT2D eigenvalue weighted by atomic mass is 9.55. The molecule has 0 bridgehead atoms. The van der Waals surface area contributed by atoms with Gasteiger partial charge in [0.05, 0.1) is 6.10 Å². The molecule has 0 aromatic rings. The van der Waals surface area contributed by atoms with Gasteiger partial charge in [-0.25, -0.2) is 0 Å². The van der Waals surface area contributed by atoms with E-state index < -0.39 is 0 Å². The minimum Gasteiger partial charge on any atom is -0.377 e. The summed E-state index contributed by atoms with van der Waals surface area (Å²) in [7, 11) is 1.87. The molecule has 2 saturated heterocycles. The molecule has 21 heavy (non-hydrogen) atoms. The SMILES string of the molecule is CN=C(NCC1CCCS1)NC1C2CCCOC2C1(C)C. The quantitative estimate of drug-likeness (QED) is 0.620. The summed E-state index contributed by atoms with van der Waals surface area (Å²) in [5.41, 5.74) is 0.199. The maximum atomic E-state index is 5.98. The Morgan fingerprint density at radius 3 is 2.90 bits per heavy atom. The largest absolute Gasteiger partial charge is 0.377 e. The number of hydrogen-bond donors (Lipinski definition) is 2. The van der Waals surface area contributed by atoms with Crippen molar-refractivity contribution >= 4 is 17.7 Å². The van der Waals surface area contributed by atoms with Crippen LogP contribution in [0.3, 0.4) is 0 Å². The average Bonchev–Trinajstić information content (AvgIpc) is 3.00. The molecule has 3 rings (SSSR count). The molecule has 0 spiro atoms. The zero-order valence-corrected chi connectivity index (χ0v) is 14.3. The normalized spacial score (nSPS) is 38.5. The second kappa shape index (κ2) is 6.37. The van der Waals surface area contributed by atoms with Gasteiger partial charge in [-0.05, 0) is 31.4 Å². The second-order valence-electron chi connectivity index (χ2n) is 7.13. The highest BCUT2D eigenvalue weighted by Gasteiger charge is 2.58. The van der Waals surface area contributed by atoms with E-state index in [1.807, 2.05) is 7.05 Å². The Morgan fingerprint density at radius 1 is 1.33 bits per heavy atom. The van der Waals surface area contributed by atoms with Gasteiger partial charge < -0.3 is 15.4 Å². The van der Waals surface area contributed by atoms with E-state index in [0.717, 1.165) is 24.4 Å². The summed E-state index contributed by atoms with van der Waals surface area (Å²) < 4.78 is 5.98. The molecule has 2 heterocycles. The number of fused-ring (bicyclic) bond motifs is 1. The second-order valence-corrected chi connectivity index (χ2v) is 8.54. The smallest absolute Gasteiger partial charge is 0.191 e. The molecule has 3 fully saturated rings. The Balaban J connectivity index is 1.53. The molecule has 4 unspecified atom stereocenters. The van der Waals surface area contributed by atoms with E-state index in [1.165, 1.54) is 31.4 Å². The van der Waals surface area contributed by atoms with Gasteiger partial charge >= 0.3 is 0 Å². The van der Waals surface area contributed by atoms with Gasteiger partial charge in [-0.3, -0.25) is 4.99 Å². The molecule has 2 N–H and O–H groups in total. The van der Waals surface area contributed by atoms with Crippen LogP contribution in [0, 0.1) is 11.3 Å². The predicted molar refractivity (Wildman–Crippen MR) is 90.0 cm³/mol. The standard InChI is InChI=1S/C16H29N3OS/c1-16(2)13(12-7-4-8-20-14(12)16)19-15(17-3)18-10-11-6-5-9-21-11/h11-14H,4-10H2,1-3H3,(H2,17,18,19). The van der Waals surface area contributed by atoms with Crippen LogP contribution in [0.15, 0.2) is 4.99 Å². The Labute approximate surface area is 132 Å². The zero-order chi connectivity index (χ0) is 14.9. The number of nitrogens with zero attached hydrogens (tertiary/aromatic N) is 1. The van der Waals surface area contributed by atoms with Gasteiger partial charge in [-0.15, -0.1) is 0 Å². The molecule has 1 saturated carbocycles. The molecular formula is C16H29N3OS. The fraction of sp³-hybridized carbons (Fsp3) is 0.938. The van der Waals surface area contributed by atoms with Crippen LogP contribution in [-0.4, -0.2) is 49.3 Å². The van der Waals surface area contributed by atoms with Crippen LogP contribution >= 0.6 is 11.8 Å². The van der Waals surface area contributed by atoms with Crippen LogP contribution in [0.5, 0.6) is 0 Å². The van der Waals surface area contributed by atoms with Crippen molar-refractivity contribution < 1.29 is 4.74 Å². The summed E-state index contributed by atoms with van der Waals surface area (Å²) >= 11 is 2.09. The number of rotatable bonds is 3. The highest BCUT2D eigenvalue weighted by atomic mass is 32.2. The summed E-state index contributed by atoms with van der Waals surface area (Å²) in [6, 6.07) is 0.477. The van der Waals surface area contributed by atoms with Crippen molar-refractivity contribution in [2.75, 3.05) is 26.0 Å². The number of ether oxygens (including phenoxy) is 1. The Hall–Kier alpha value is -0.420. The van der Waals surface area contributed by atoms with E-state index in [2.05, 4.69) is 41.2 Å². The van der Waals surface area contributed by atoms with Gasteiger partial charge in [-0.2, -0.15) is 11.8 Å². The van der Waals surface area contributed by atoms with Crippen LogP contribution in [0.2, 0.25) is 0 Å². The number of thioether (sulfide) groups is 1. The van der Waals surface area contributed by atoms with Gasteiger partial charge in [0.15, 0.2) is 5.96 Å². The highest BCUT2D eigenvalue weighted by molar-refractivity contribution is 8.00. The maximum absolute atomic E-state index is 5.98. The number of nitrogens with one attached hydrogen (secondary N) is 2. The number of guanidine groups is 1. The summed E-state index contributed by atoms with van der Waals surface area (Å²) in [6.45, 7) is 6.60. The first-order valence-electron chi connectivity index (χ1n) is 8.33. The molecule has 2 aliphatic heterocycles. The summed E-state index contributed by atoms with van der Waals surface area (Å²) in [6.07, 6.45) is 5.59. The fourth-order valence-electron chi connectivity index (χ4n) is 4.17. The van der Waals surface area contributed by atoms with E-state index in [1.54, 1.807) is 0 Å². The summed E-state index contributed by atoms with van der Waals surface area (Å²) in [5, 5.41) is 7.94. The monoisotopic (exact) mass is 311 g/mol. The van der Waals surface area contributed by atoms with Crippen molar-refractivity contribution in [3.05, 3.63) is 0 Å². The van der Waals surface area contributed by atoms with Crippen LogP contribution in [-0.2, 0) is 4.74 Å². The van der Waals surface area contributed by atoms with Crippen LogP contribution < -0.4 is 10.6 Å². The van der Waals surface area contributed by atoms with Gasteiger partial charge in [0, 0.05) is 42.8 Å². The lowest BCUT2D eigenvalue weighted by Gasteiger charge is -2.60. The zero-order valence-electron chi connectivity index (χ0n) is 13.5. The molecular weight excluding hydrogens is 282 g/mol. The van der Waals surface area contributed by atoms with Crippen molar-refractivity contribution in [3.8, 4) is 0 Å². The molecule has 4 nitrogen and oxygen atoms in total. The Morgan fingerprint density at radius 2 is 2.19 bits per heavy atom. The molecule has 0 aromatic carbocycles. The van der Waals surface area contributed by atoms with E-state index in [9.17, 15) is 0 Å². The van der Waals surface area contributed by atoms with E-state index in [4.69, 9.17) is 4.74 Å². The maximum Gasteiger partial charge on any atom is 0.191 e. The van der Waals surface area contributed by atoms with Crippen molar-refractivity contribution in [1.82, 2.24) is 10.6 Å². The summed E-state index contributed by atoms with van der Waals surface area (Å²) in [4.78, 5) is 4.42. The molecule has 4 atom stereocenters. The summed E-state index contributed by atoms with van der Waals surface area (Å²) in [5.74, 6) is 2.92. The van der Waals surface area contributed by atoms with Crippen molar-refractivity contribution in [1.29, 1.82) is 0 Å². The molecule has 0 radical (unpaired) electrons. The minimum atomic E-state index is 0.199. The third kappa shape index (κ3) is 3.04. The topological polar surface area (TPSA) is 45.7 Å². The van der Waals surface area contributed by atoms with E-state index in [0.29, 0.717) is 18.1 Å². The van der Waals surface area contributed by atoms with Gasteiger partial charge in [-0.1, -0.05) is 13.8 Å². The minimum absolute atomic E-state index is 0.199. The van der Waals surface area contributed by atoms with Crippen molar-refractivity contribution in [2.45, 2.75) is 56.9 Å². The Kier molecular flexibility index (Phi) is 4.69. The van der Waals surface area contributed by atoms with Crippen molar-refractivity contribution in [3.63, 3.8) is 0 Å². The first-order chi connectivity index (χ1) is 10.1. The van der Waals surface area contributed by atoms with Crippen molar-refractivity contribution in [2.24, 2.45) is 16.3 Å². The molecule has 120 valence electrons. The van der Waals surface area contributed by atoms with E-state index in [-0.39, 0.29) is 5.41 Å². The average molecular weight is 311 g/mol. The van der Waals surface area contributed by atoms with Crippen LogP contribution in [0.1, 0.15) is 39.5 Å². The molecule has 5 heteroatoms. The van der Waals surface area contributed by atoms with Crippen LogP contribution in [0.4, 0.5) is 0 Å². The van der Waals surface area contributed by atoms with Gasteiger partial charge in [0.2, 0.25) is 0 Å².